The molecule has 0 aromatic heterocycles. The molecule has 82 valence electrons. The van der Waals surface area contributed by atoms with E-state index in [1.807, 2.05) is 13.0 Å². The van der Waals surface area contributed by atoms with Gasteiger partial charge in [-0.25, -0.2) is 0 Å². The summed E-state index contributed by atoms with van der Waals surface area (Å²) in [6.07, 6.45) is 0. The lowest BCUT2D eigenvalue weighted by Crippen LogP contribution is -2.17. The van der Waals surface area contributed by atoms with Crippen LogP contribution in [0.5, 0.6) is 0 Å². The lowest BCUT2D eigenvalue weighted by atomic mass is 10.2. The van der Waals surface area contributed by atoms with Crippen LogP contribution in [-0.2, 0) is 9.53 Å². The molecular weight excluding hydrogens is 281 g/mol. The van der Waals surface area contributed by atoms with Crippen molar-refractivity contribution in [3.8, 4) is 0 Å². The van der Waals surface area contributed by atoms with Crippen molar-refractivity contribution in [2.75, 3.05) is 19.0 Å². The van der Waals surface area contributed by atoms with Crippen LogP contribution in [0.4, 0.5) is 5.69 Å². The van der Waals surface area contributed by atoms with Crippen LogP contribution in [0.15, 0.2) is 16.6 Å². The first-order valence-corrected chi connectivity index (χ1v) is 5.46. The lowest BCUT2D eigenvalue weighted by molar-refractivity contribution is -0.119. The molecule has 0 heterocycles. The molecule has 0 spiro atoms. The zero-order chi connectivity index (χ0) is 11.4. The first-order chi connectivity index (χ1) is 7.04. The van der Waals surface area contributed by atoms with Crippen molar-refractivity contribution >= 4 is 39.1 Å². The third-order valence-corrected chi connectivity index (χ3v) is 2.86. The van der Waals surface area contributed by atoms with Crippen LogP contribution < -0.4 is 5.32 Å². The van der Waals surface area contributed by atoms with Gasteiger partial charge in [-0.2, -0.15) is 0 Å². The van der Waals surface area contributed by atoms with Gasteiger partial charge in [0.25, 0.3) is 0 Å². The summed E-state index contributed by atoms with van der Waals surface area (Å²) in [4.78, 5) is 11.3. The predicted octanol–water partition coefficient (Wildman–Crippen LogP) is 3.00. The summed E-state index contributed by atoms with van der Waals surface area (Å²) >= 11 is 9.29. The maximum absolute atomic E-state index is 11.3. The van der Waals surface area contributed by atoms with Gasteiger partial charge < -0.3 is 10.1 Å². The smallest absolute Gasteiger partial charge is 0.250 e. The SMILES string of the molecule is COCC(=O)Nc1cc(Cl)c(C)cc1Br. The number of aryl methyl sites for hydroxylation is 1. The van der Waals surface area contributed by atoms with Gasteiger partial charge in [0.05, 0.1) is 5.69 Å². The second-order valence-corrected chi connectivity index (χ2v) is 4.32. The second-order valence-electron chi connectivity index (χ2n) is 3.06. The number of rotatable bonds is 3. The van der Waals surface area contributed by atoms with Crippen molar-refractivity contribution in [1.29, 1.82) is 0 Å². The number of amides is 1. The molecule has 0 aliphatic rings. The first-order valence-electron chi connectivity index (χ1n) is 4.29. The highest BCUT2D eigenvalue weighted by molar-refractivity contribution is 9.10. The van der Waals surface area contributed by atoms with E-state index in [-0.39, 0.29) is 12.5 Å². The first kappa shape index (κ1) is 12.5. The molecule has 5 heteroatoms. The van der Waals surface area contributed by atoms with Crippen LogP contribution in [0.1, 0.15) is 5.56 Å². The Hall–Kier alpha value is -0.580. The minimum Gasteiger partial charge on any atom is -0.375 e. The van der Waals surface area contributed by atoms with Crippen molar-refractivity contribution < 1.29 is 9.53 Å². The molecule has 0 unspecified atom stereocenters. The number of carbonyl (C=O) groups excluding carboxylic acids is 1. The van der Waals surface area contributed by atoms with Gasteiger partial charge in [0.2, 0.25) is 5.91 Å². The number of halogens is 2. The van der Waals surface area contributed by atoms with Gasteiger partial charge >= 0.3 is 0 Å². The van der Waals surface area contributed by atoms with E-state index in [1.165, 1.54) is 7.11 Å². The lowest BCUT2D eigenvalue weighted by Gasteiger charge is -2.08. The molecule has 15 heavy (non-hydrogen) atoms. The molecule has 1 aromatic carbocycles. The van der Waals surface area contributed by atoms with Crippen molar-refractivity contribution in [2.45, 2.75) is 6.92 Å². The number of anilines is 1. The van der Waals surface area contributed by atoms with E-state index >= 15 is 0 Å². The second kappa shape index (κ2) is 5.49. The molecule has 0 aliphatic carbocycles. The van der Waals surface area contributed by atoms with Gasteiger partial charge in [0.15, 0.2) is 0 Å². The number of hydrogen-bond donors (Lipinski definition) is 1. The number of benzene rings is 1. The van der Waals surface area contributed by atoms with Crippen LogP contribution >= 0.6 is 27.5 Å². The highest BCUT2D eigenvalue weighted by Crippen LogP contribution is 2.28. The maximum Gasteiger partial charge on any atom is 0.250 e. The molecule has 0 saturated heterocycles. The Balaban J connectivity index is 2.86. The summed E-state index contributed by atoms with van der Waals surface area (Å²) in [6, 6.07) is 3.55. The highest BCUT2D eigenvalue weighted by atomic mass is 79.9. The van der Waals surface area contributed by atoms with Crippen molar-refractivity contribution in [2.24, 2.45) is 0 Å². The van der Waals surface area contributed by atoms with Gasteiger partial charge in [0, 0.05) is 16.6 Å². The molecule has 3 nitrogen and oxygen atoms in total. The minimum atomic E-state index is -0.210. The molecule has 1 N–H and O–H groups in total. The molecule has 1 amide bonds. The Kier molecular flexibility index (Phi) is 4.57. The van der Waals surface area contributed by atoms with Gasteiger partial charge in [-0.05, 0) is 40.5 Å². The zero-order valence-corrected chi connectivity index (χ0v) is 10.8. The summed E-state index contributed by atoms with van der Waals surface area (Å²) in [7, 11) is 1.47. The number of ether oxygens (including phenoxy) is 1. The predicted molar refractivity (Wildman–Crippen MR) is 64.4 cm³/mol. The van der Waals surface area contributed by atoms with E-state index in [9.17, 15) is 4.79 Å². The standard InChI is InChI=1S/C10H11BrClNO2/c1-6-3-7(11)9(4-8(6)12)13-10(14)5-15-2/h3-4H,5H2,1-2H3,(H,13,14). The van der Waals surface area contributed by atoms with Gasteiger partial charge in [-0.3, -0.25) is 4.79 Å². The fraction of sp³-hybridized carbons (Fsp3) is 0.300. The molecule has 0 fully saturated rings. The third kappa shape index (κ3) is 3.48. The van der Waals surface area contributed by atoms with E-state index in [2.05, 4.69) is 21.2 Å². The quantitative estimate of drug-likeness (QED) is 0.930. The maximum atomic E-state index is 11.3. The molecule has 0 aliphatic heterocycles. The number of hydrogen-bond acceptors (Lipinski definition) is 2. The molecule has 1 aromatic rings. The van der Waals surface area contributed by atoms with Gasteiger partial charge in [-0.15, -0.1) is 0 Å². The van der Waals surface area contributed by atoms with Gasteiger partial charge in [-0.1, -0.05) is 11.6 Å². The number of methoxy groups -OCH3 is 1. The molecule has 0 atom stereocenters. The third-order valence-electron chi connectivity index (χ3n) is 1.80. The molecule has 1 rings (SSSR count). The Bertz CT molecular complexity index is 382. The minimum absolute atomic E-state index is 0.0257. The summed E-state index contributed by atoms with van der Waals surface area (Å²) < 4.78 is 5.51. The van der Waals surface area contributed by atoms with Gasteiger partial charge in [0.1, 0.15) is 6.61 Å². The van der Waals surface area contributed by atoms with Crippen LogP contribution in [0.25, 0.3) is 0 Å². The molecule has 0 saturated carbocycles. The Labute approximate surface area is 102 Å². The molecule has 0 radical (unpaired) electrons. The van der Waals surface area contributed by atoms with Crippen LogP contribution in [0, 0.1) is 6.92 Å². The summed E-state index contributed by atoms with van der Waals surface area (Å²) in [6.45, 7) is 1.92. The van der Waals surface area contributed by atoms with E-state index in [4.69, 9.17) is 16.3 Å². The fourth-order valence-electron chi connectivity index (χ4n) is 1.06. The van der Waals surface area contributed by atoms with Crippen LogP contribution in [0.2, 0.25) is 5.02 Å². The number of nitrogens with one attached hydrogen (secondary N) is 1. The fourth-order valence-corrected chi connectivity index (χ4v) is 1.78. The molecule has 0 bridgehead atoms. The van der Waals surface area contributed by atoms with Crippen LogP contribution in [0.3, 0.4) is 0 Å². The van der Waals surface area contributed by atoms with E-state index in [0.717, 1.165) is 10.0 Å². The van der Waals surface area contributed by atoms with Crippen LogP contribution in [-0.4, -0.2) is 19.6 Å². The van der Waals surface area contributed by atoms with E-state index in [1.54, 1.807) is 6.07 Å². The Morgan fingerprint density at radius 1 is 1.60 bits per heavy atom. The largest absolute Gasteiger partial charge is 0.375 e. The van der Waals surface area contributed by atoms with E-state index in [0.29, 0.717) is 10.7 Å². The topological polar surface area (TPSA) is 38.3 Å². The monoisotopic (exact) mass is 291 g/mol. The van der Waals surface area contributed by atoms with Crippen molar-refractivity contribution in [1.82, 2.24) is 0 Å². The normalized spacial score (nSPS) is 10.1. The van der Waals surface area contributed by atoms with E-state index < -0.39 is 0 Å². The zero-order valence-electron chi connectivity index (χ0n) is 8.43. The Morgan fingerprint density at radius 2 is 2.27 bits per heavy atom. The number of carbonyl (C=O) groups is 1. The average molecular weight is 293 g/mol. The van der Waals surface area contributed by atoms with Crippen molar-refractivity contribution in [3.63, 3.8) is 0 Å². The average Bonchev–Trinajstić information content (AvgIpc) is 2.14. The highest BCUT2D eigenvalue weighted by Gasteiger charge is 2.07. The summed E-state index contributed by atoms with van der Waals surface area (Å²) in [5.74, 6) is -0.210. The Morgan fingerprint density at radius 3 is 2.87 bits per heavy atom. The summed E-state index contributed by atoms with van der Waals surface area (Å²) in [5, 5.41) is 3.30. The molecular formula is C10H11BrClNO2. The summed E-state index contributed by atoms with van der Waals surface area (Å²) in [5.41, 5.74) is 1.60. The van der Waals surface area contributed by atoms with Crippen molar-refractivity contribution in [3.05, 3.63) is 27.2 Å².